The number of alkyl halides is 3. The Morgan fingerprint density at radius 2 is 1.72 bits per heavy atom. The van der Waals surface area contributed by atoms with Gasteiger partial charge in [-0.25, -0.2) is 4.39 Å². The standard InChI is InChI=1S/C29H31F4N5O/c30-23-24(20-5-1-2-6-22(20)29(31,32)33)34-14-21-25(23)35-27(39-17-28-9-3-11-38(28)12-4-10-28)36-26(21)37-15-18-7-8-19(13-18)16-37/h1-2,5-6,14,18-19H,3-4,7-13,15-17H2. The summed E-state index contributed by atoms with van der Waals surface area (Å²) in [4.78, 5) is 18.1. The molecule has 7 rings (SSSR count). The summed E-state index contributed by atoms with van der Waals surface area (Å²) in [7, 11) is 0. The fourth-order valence-corrected chi connectivity index (χ4v) is 7.49. The summed E-state index contributed by atoms with van der Waals surface area (Å²) >= 11 is 0. The SMILES string of the molecule is Fc1c(-c2ccccc2C(F)(F)F)ncc2c(N3CC4CCC(C4)C3)nc(OCC34CCCN3CCC4)nc12. The molecule has 2 atom stereocenters. The molecule has 206 valence electrons. The Bertz CT molecular complexity index is 1390. The maximum atomic E-state index is 16.2. The van der Waals surface area contributed by atoms with E-state index in [4.69, 9.17) is 9.72 Å². The number of hydrogen-bond acceptors (Lipinski definition) is 6. The molecule has 39 heavy (non-hydrogen) atoms. The van der Waals surface area contributed by atoms with E-state index in [0.29, 0.717) is 29.6 Å². The molecule has 1 saturated carbocycles. The summed E-state index contributed by atoms with van der Waals surface area (Å²) in [5, 5.41) is 0.399. The highest BCUT2D eigenvalue weighted by Gasteiger charge is 2.45. The maximum Gasteiger partial charge on any atom is 0.417 e. The lowest BCUT2D eigenvalue weighted by Gasteiger charge is -2.34. The molecule has 0 spiro atoms. The van der Waals surface area contributed by atoms with Gasteiger partial charge >= 0.3 is 12.2 Å². The first-order valence-electron chi connectivity index (χ1n) is 14.0. The minimum absolute atomic E-state index is 0.0453. The molecule has 1 aromatic carbocycles. The van der Waals surface area contributed by atoms with Crippen LogP contribution in [-0.4, -0.2) is 58.2 Å². The first-order chi connectivity index (χ1) is 18.8. The number of ether oxygens (including phenoxy) is 1. The third-order valence-corrected chi connectivity index (χ3v) is 9.32. The molecule has 0 radical (unpaired) electrons. The van der Waals surface area contributed by atoms with Gasteiger partial charge in [0.05, 0.1) is 16.5 Å². The average Bonchev–Trinajstić information content (AvgIpc) is 3.60. The van der Waals surface area contributed by atoms with Crippen LogP contribution >= 0.6 is 0 Å². The quantitative estimate of drug-likeness (QED) is 0.364. The van der Waals surface area contributed by atoms with Crippen molar-refractivity contribution in [2.75, 3.05) is 37.7 Å². The molecule has 5 heterocycles. The summed E-state index contributed by atoms with van der Waals surface area (Å²) < 4.78 is 63.7. The van der Waals surface area contributed by atoms with Crippen LogP contribution in [0.5, 0.6) is 6.01 Å². The lowest BCUT2D eigenvalue weighted by Crippen LogP contribution is -2.43. The van der Waals surface area contributed by atoms with Crippen LogP contribution in [-0.2, 0) is 6.18 Å². The van der Waals surface area contributed by atoms with Gasteiger partial charge in [-0.05, 0) is 75.9 Å². The maximum absolute atomic E-state index is 16.2. The van der Waals surface area contributed by atoms with Gasteiger partial charge in [-0.2, -0.15) is 23.1 Å². The van der Waals surface area contributed by atoms with Gasteiger partial charge in [-0.15, -0.1) is 0 Å². The van der Waals surface area contributed by atoms with E-state index >= 15 is 4.39 Å². The van der Waals surface area contributed by atoms with Gasteiger partial charge in [-0.3, -0.25) is 9.88 Å². The topological polar surface area (TPSA) is 54.4 Å². The van der Waals surface area contributed by atoms with E-state index in [1.165, 1.54) is 30.8 Å². The number of aromatic nitrogens is 3. The molecule has 2 aromatic heterocycles. The van der Waals surface area contributed by atoms with Crippen molar-refractivity contribution in [3.63, 3.8) is 0 Å². The zero-order valence-corrected chi connectivity index (χ0v) is 21.7. The lowest BCUT2D eigenvalue weighted by molar-refractivity contribution is -0.137. The predicted octanol–water partition coefficient (Wildman–Crippen LogP) is 6.09. The van der Waals surface area contributed by atoms with E-state index in [-0.39, 0.29) is 28.3 Å². The highest BCUT2D eigenvalue weighted by atomic mass is 19.4. The minimum atomic E-state index is -4.65. The molecule has 3 saturated heterocycles. The van der Waals surface area contributed by atoms with Gasteiger partial charge in [0.1, 0.15) is 23.6 Å². The fourth-order valence-electron chi connectivity index (χ4n) is 7.49. The summed E-state index contributed by atoms with van der Waals surface area (Å²) in [6, 6.07) is 5.00. The van der Waals surface area contributed by atoms with E-state index in [0.717, 1.165) is 70.8 Å². The molecule has 4 fully saturated rings. The zero-order chi connectivity index (χ0) is 26.8. The monoisotopic (exact) mass is 541 g/mol. The summed E-state index contributed by atoms with van der Waals surface area (Å²) in [6.45, 7) is 4.12. The Morgan fingerprint density at radius 1 is 1.00 bits per heavy atom. The van der Waals surface area contributed by atoms with Gasteiger partial charge in [0.25, 0.3) is 0 Å². The number of hydrogen-bond donors (Lipinski definition) is 0. The van der Waals surface area contributed by atoms with Crippen molar-refractivity contribution in [3.8, 4) is 17.3 Å². The van der Waals surface area contributed by atoms with Crippen molar-refractivity contribution in [2.45, 2.75) is 56.7 Å². The predicted molar refractivity (Wildman–Crippen MR) is 139 cm³/mol. The molecule has 2 bridgehead atoms. The number of pyridine rings is 1. The second kappa shape index (κ2) is 9.28. The molecule has 6 nitrogen and oxygen atoms in total. The average molecular weight is 542 g/mol. The number of halogens is 4. The highest BCUT2D eigenvalue weighted by Crippen LogP contribution is 2.43. The number of nitrogens with zero attached hydrogens (tertiary/aromatic N) is 5. The summed E-state index contributed by atoms with van der Waals surface area (Å²) in [5.74, 6) is 0.775. The third-order valence-electron chi connectivity index (χ3n) is 9.32. The largest absolute Gasteiger partial charge is 0.461 e. The van der Waals surface area contributed by atoms with Gasteiger partial charge in [0, 0.05) is 24.8 Å². The minimum Gasteiger partial charge on any atom is -0.461 e. The molecular weight excluding hydrogens is 510 g/mol. The van der Waals surface area contributed by atoms with E-state index in [9.17, 15) is 13.2 Å². The second-order valence-electron chi connectivity index (χ2n) is 11.7. The normalized spacial score (nSPS) is 24.5. The molecule has 1 aliphatic carbocycles. The van der Waals surface area contributed by atoms with Crippen molar-refractivity contribution < 1.29 is 22.3 Å². The van der Waals surface area contributed by atoms with E-state index in [1.54, 1.807) is 0 Å². The molecular formula is C29H31F4N5O. The van der Waals surface area contributed by atoms with Crippen LogP contribution in [0.25, 0.3) is 22.2 Å². The summed E-state index contributed by atoms with van der Waals surface area (Å²) in [5.41, 5.74) is -1.72. The smallest absolute Gasteiger partial charge is 0.417 e. The fraction of sp³-hybridized carbons (Fsp3) is 0.552. The van der Waals surface area contributed by atoms with Gasteiger partial charge in [0.15, 0.2) is 5.82 Å². The van der Waals surface area contributed by atoms with Crippen molar-refractivity contribution in [1.29, 1.82) is 0 Å². The zero-order valence-electron chi connectivity index (χ0n) is 21.7. The number of fused-ring (bicyclic) bond motifs is 4. The van der Waals surface area contributed by atoms with Crippen LogP contribution < -0.4 is 9.64 Å². The molecule has 10 heteroatoms. The number of piperidine rings is 1. The van der Waals surface area contributed by atoms with Crippen molar-refractivity contribution in [1.82, 2.24) is 19.9 Å². The Hall–Kier alpha value is -3.01. The summed E-state index contributed by atoms with van der Waals surface area (Å²) in [6.07, 6.45) is 4.60. The van der Waals surface area contributed by atoms with Gasteiger partial charge < -0.3 is 9.64 Å². The van der Waals surface area contributed by atoms with Crippen LogP contribution in [0.4, 0.5) is 23.4 Å². The molecule has 4 aliphatic rings. The Balaban J connectivity index is 1.33. The Morgan fingerprint density at radius 3 is 2.44 bits per heavy atom. The number of rotatable bonds is 5. The first-order valence-corrected chi connectivity index (χ1v) is 14.0. The van der Waals surface area contributed by atoms with Crippen LogP contribution in [0.2, 0.25) is 0 Å². The van der Waals surface area contributed by atoms with Crippen molar-refractivity contribution >= 4 is 16.7 Å². The molecule has 3 aliphatic heterocycles. The van der Waals surface area contributed by atoms with Crippen LogP contribution in [0, 0.1) is 17.7 Å². The number of anilines is 1. The van der Waals surface area contributed by atoms with Gasteiger partial charge in [0.2, 0.25) is 0 Å². The van der Waals surface area contributed by atoms with Crippen LogP contribution in [0.1, 0.15) is 50.5 Å². The lowest BCUT2D eigenvalue weighted by atomic mass is 9.95. The van der Waals surface area contributed by atoms with E-state index in [1.807, 2.05) is 0 Å². The highest BCUT2D eigenvalue weighted by molar-refractivity contribution is 5.92. The third kappa shape index (κ3) is 4.31. The number of benzene rings is 1. The van der Waals surface area contributed by atoms with Gasteiger partial charge in [-0.1, -0.05) is 18.2 Å². The van der Waals surface area contributed by atoms with Crippen molar-refractivity contribution in [3.05, 3.63) is 41.8 Å². The molecule has 0 amide bonds. The van der Waals surface area contributed by atoms with E-state index < -0.39 is 17.6 Å². The first kappa shape index (κ1) is 25.0. The Kier molecular flexibility index (Phi) is 5.95. The van der Waals surface area contributed by atoms with Crippen LogP contribution in [0.3, 0.4) is 0 Å². The van der Waals surface area contributed by atoms with Crippen molar-refractivity contribution in [2.24, 2.45) is 11.8 Å². The molecule has 3 aromatic rings. The second-order valence-corrected chi connectivity index (χ2v) is 11.7. The molecule has 2 unspecified atom stereocenters. The van der Waals surface area contributed by atoms with Crippen LogP contribution in [0.15, 0.2) is 30.5 Å². The Labute approximate surface area is 224 Å². The molecule has 0 N–H and O–H groups in total. The van der Waals surface area contributed by atoms with E-state index in [2.05, 4.69) is 19.8 Å².